The molecule has 88 heavy (non-hydrogen) atoms. The molecule has 522 valence electrons. The molecule has 0 heterocycles. The molecule has 10 heteroatoms. The zero-order valence-corrected chi connectivity index (χ0v) is 60.6. The van der Waals surface area contributed by atoms with Crippen LogP contribution in [-0.4, -0.2) is 70.0 Å². The molecule has 0 saturated heterocycles. The first-order valence-corrected chi connectivity index (χ1v) is 40.5. The SMILES string of the molecule is CCCCCCC/C=C\C/C=C\CCCCCCCCCCCCCCCCCCCCCCCCCCCCCC(=O)OC(COC(=O)CCCCCCCCCCCCCCCCCCCCCCCCCCC)COP(=O)([O-])OCC[N+](C)(C)C. The largest absolute Gasteiger partial charge is 0.756 e. The molecule has 9 nitrogen and oxygen atoms in total. The first kappa shape index (κ1) is 86.5. The molecule has 0 amide bonds. The summed E-state index contributed by atoms with van der Waals surface area (Å²) in [6.07, 6.45) is 88.7. The Hall–Kier alpha value is -1.51. The van der Waals surface area contributed by atoms with E-state index in [1.54, 1.807) is 0 Å². The number of allylic oxidation sites excluding steroid dienone is 4. The van der Waals surface area contributed by atoms with E-state index < -0.39 is 26.5 Å². The molecule has 0 aliphatic heterocycles. The summed E-state index contributed by atoms with van der Waals surface area (Å²) in [5.41, 5.74) is 0. The molecule has 0 spiro atoms. The Labute approximate surface area is 549 Å². The maximum Gasteiger partial charge on any atom is 0.306 e. The molecule has 0 saturated carbocycles. The van der Waals surface area contributed by atoms with Gasteiger partial charge in [-0.3, -0.25) is 14.2 Å². The fourth-order valence-electron chi connectivity index (χ4n) is 12.0. The number of phosphoric acid groups is 1. The van der Waals surface area contributed by atoms with Gasteiger partial charge in [0.1, 0.15) is 19.8 Å². The van der Waals surface area contributed by atoms with Crippen LogP contribution in [0.4, 0.5) is 0 Å². The minimum atomic E-state index is -4.64. The first-order chi connectivity index (χ1) is 43.0. The maximum absolute atomic E-state index is 12.9. The number of carbonyl (C=O) groups is 2. The molecule has 0 fully saturated rings. The summed E-state index contributed by atoms with van der Waals surface area (Å²) < 4.78 is 34.4. The Morgan fingerprint density at radius 3 is 0.898 bits per heavy atom. The number of phosphoric ester groups is 1. The molecule has 0 rings (SSSR count). The number of hydrogen-bond donors (Lipinski definition) is 0. The Bertz CT molecular complexity index is 1530. The topological polar surface area (TPSA) is 111 Å². The van der Waals surface area contributed by atoms with Crippen molar-refractivity contribution in [3.05, 3.63) is 24.3 Å². The van der Waals surface area contributed by atoms with E-state index in [0.717, 1.165) is 38.5 Å². The number of nitrogens with zero attached hydrogens (tertiary/aromatic N) is 1. The highest BCUT2D eigenvalue weighted by molar-refractivity contribution is 7.45. The third kappa shape index (κ3) is 73.5. The quantitative estimate of drug-likeness (QED) is 0.0195. The molecule has 0 aliphatic rings. The van der Waals surface area contributed by atoms with Gasteiger partial charge < -0.3 is 27.9 Å². The molecule has 0 aliphatic carbocycles. The molecule has 2 unspecified atom stereocenters. The molecule has 0 radical (unpaired) electrons. The van der Waals surface area contributed by atoms with Gasteiger partial charge in [0, 0.05) is 12.8 Å². The van der Waals surface area contributed by atoms with Crippen molar-refractivity contribution in [3.63, 3.8) is 0 Å². The van der Waals surface area contributed by atoms with Gasteiger partial charge in [-0.25, -0.2) is 0 Å². The normalized spacial score (nSPS) is 13.1. The van der Waals surface area contributed by atoms with Crippen molar-refractivity contribution in [2.45, 2.75) is 418 Å². The predicted octanol–water partition coefficient (Wildman–Crippen LogP) is 25.0. The van der Waals surface area contributed by atoms with Crippen LogP contribution in [0.2, 0.25) is 0 Å². The molecular formula is C78H152NO8P. The molecule has 0 bridgehead atoms. The van der Waals surface area contributed by atoms with Gasteiger partial charge >= 0.3 is 11.9 Å². The van der Waals surface area contributed by atoms with E-state index >= 15 is 0 Å². The van der Waals surface area contributed by atoms with Gasteiger partial charge in [-0.1, -0.05) is 378 Å². The van der Waals surface area contributed by atoms with Crippen LogP contribution < -0.4 is 4.89 Å². The molecule has 0 aromatic rings. The van der Waals surface area contributed by atoms with Gasteiger partial charge in [0.15, 0.2) is 6.10 Å². The van der Waals surface area contributed by atoms with E-state index in [1.165, 1.54) is 340 Å². The summed E-state index contributed by atoms with van der Waals surface area (Å²) in [4.78, 5) is 38.1. The van der Waals surface area contributed by atoms with Crippen LogP contribution in [0.1, 0.15) is 412 Å². The second-order valence-electron chi connectivity index (χ2n) is 28.1. The van der Waals surface area contributed by atoms with Crippen molar-refractivity contribution in [2.75, 3.05) is 47.5 Å². The monoisotopic (exact) mass is 1260 g/mol. The van der Waals surface area contributed by atoms with E-state index in [0.29, 0.717) is 17.4 Å². The van der Waals surface area contributed by atoms with E-state index in [1.807, 2.05) is 21.1 Å². The van der Waals surface area contributed by atoms with Gasteiger partial charge in [-0.05, 0) is 44.9 Å². The maximum atomic E-state index is 12.9. The van der Waals surface area contributed by atoms with E-state index in [9.17, 15) is 19.0 Å². The highest BCUT2D eigenvalue weighted by atomic mass is 31.2. The van der Waals surface area contributed by atoms with Crippen molar-refractivity contribution < 1.29 is 42.1 Å². The minimum Gasteiger partial charge on any atom is -0.756 e. The van der Waals surface area contributed by atoms with Crippen LogP contribution in [0.25, 0.3) is 0 Å². The van der Waals surface area contributed by atoms with E-state index in [-0.39, 0.29) is 32.0 Å². The number of hydrogen-bond acceptors (Lipinski definition) is 8. The fraction of sp³-hybridized carbons (Fsp3) is 0.923. The second-order valence-corrected chi connectivity index (χ2v) is 29.5. The zero-order valence-electron chi connectivity index (χ0n) is 59.7. The van der Waals surface area contributed by atoms with Gasteiger partial charge in [0.25, 0.3) is 7.82 Å². The number of likely N-dealkylation sites (N-methyl/N-ethyl adjacent to an activating group) is 1. The lowest BCUT2D eigenvalue weighted by atomic mass is 10.0. The fourth-order valence-corrected chi connectivity index (χ4v) is 12.7. The molecule has 0 aromatic heterocycles. The summed E-state index contributed by atoms with van der Waals surface area (Å²) in [7, 11) is 1.19. The summed E-state index contributed by atoms with van der Waals surface area (Å²) in [6.45, 7) is 4.32. The van der Waals surface area contributed by atoms with Crippen molar-refractivity contribution in [2.24, 2.45) is 0 Å². The lowest BCUT2D eigenvalue weighted by Gasteiger charge is -2.28. The van der Waals surface area contributed by atoms with Gasteiger partial charge in [0.05, 0.1) is 27.7 Å². The Balaban J connectivity index is 3.88. The van der Waals surface area contributed by atoms with Crippen LogP contribution in [-0.2, 0) is 32.7 Å². The van der Waals surface area contributed by atoms with Crippen LogP contribution in [0, 0.1) is 0 Å². The van der Waals surface area contributed by atoms with Crippen molar-refractivity contribution in [3.8, 4) is 0 Å². The summed E-state index contributed by atoms with van der Waals surface area (Å²) in [6, 6.07) is 0. The number of carbonyl (C=O) groups excluding carboxylic acids is 2. The molecule has 0 N–H and O–H groups in total. The van der Waals surface area contributed by atoms with Gasteiger partial charge in [0.2, 0.25) is 0 Å². The molecular weight excluding hydrogens is 1110 g/mol. The average molecular weight is 1260 g/mol. The number of esters is 2. The van der Waals surface area contributed by atoms with Crippen molar-refractivity contribution in [1.82, 2.24) is 0 Å². The Kier molecular flexibility index (Phi) is 68.6. The smallest absolute Gasteiger partial charge is 0.306 e. The van der Waals surface area contributed by atoms with Crippen LogP contribution >= 0.6 is 7.82 Å². The Morgan fingerprint density at radius 2 is 0.614 bits per heavy atom. The Morgan fingerprint density at radius 1 is 0.352 bits per heavy atom. The van der Waals surface area contributed by atoms with Crippen LogP contribution in [0.15, 0.2) is 24.3 Å². The van der Waals surface area contributed by atoms with Crippen LogP contribution in [0.5, 0.6) is 0 Å². The highest BCUT2D eigenvalue weighted by Crippen LogP contribution is 2.38. The zero-order chi connectivity index (χ0) is 64.1. The standard InChI is InChI=1S/C78H152NO8P/c1-6-8-10-12-14-16-18-20-22-24-26-28-30-32-33-34-35-36-37-38-39-40-41-42-43-44-45-47-49-51-53-55-57-59-61-63-65-67-69-71-78(81)87-76(75-86-88(82,83)85-73-72-79(3,4)5)74-84-77(80)70-68-66-64-62-60-58-56-54-52-50-48-46-31-29-27-25-23-21-19-17-15-13-11-9-7-2/h18,20,24,26,76H,6-17,19,21-23,25,27-75H2,1-5H3/b20-18-,26-24-. The summed E-state index contributed by atoms with van der Waals surface area (Å²) in [5, 5.41) is 0. The first-order valence-electron chi connectivity index (χ1n) is 39.0. The minimum absolute atomic E-state index is 0.0259. The summed E-state index contributed by atoms with van der Waals surface area (Å²) >= 11 is 0. The van der Waals surface area contributed by atoms with E-state index in [2.05, 4.69) is 38.2 Å². The molecule has 0 aromatic carbocycles. The number of unbranched alkanes of at least 4 members (excludes halogenated alkanes) is 56. The average Bonchev–Trinajstić information content (AvgIpc) is 3.68. The van der Waals surface area contributed by atoms with E-state index in [4.69, 9.17) is 18.5 Å². The predicted molar refractivity (Wildman–Crippen MR) is 379 cm³/mol. The number of quaternary nitrogens is 1. The van der Waals surface area contributed by atoms with Crippen LogP contribution in [0.3, 0.4) is 0 Å². The summed E-state index contributed by atoms with van der Waals surface area (Å²) in [5.74, 6) is -0.804. The third-order valence-corrected chi connectivity index (χ3v) is 18.9. The molecule has 2 atom stereocenters. The number of ether oxygens (including phenoxy) is 2. The van der Waals surface area contributed by atoms with Crippen molar-refractivity contribution >= 4 is 19.8 Å². The van der Waals surface area contributed by atoms with Gasteiger partial charge in [-0.2, -0.15) is 0 Å². The van der Waals surface area contributed by atoms with Crippen molar-refractivity contribution in [1.29, 1.82) is 0 Å². The number of rotatable bonds is 74. The highest BCUT2D eigenvalue weighted by Gasteiger charge is 2.22. The third-order valence-electron chi connectivity index (χ3n) is 18.0. The lowest BCUT2D eigenvalue weighted by molar-refractivity contribution is -0.870. The second kappa shape index (κ2) is 69.8. The lowest BCUT2D eigenvalue weighted by Crippen LogP contribution is -2.37. The van der Waals surface area contributed by atoms with Gasteiger partial charge in [-0.15, -0.1) is 0 Å².